The molecule has 1 aromatic rings. The van der Waals surface area contributed by atoms with E-state index >= 15 is 0 Å². The Labute approximate surface area is 77.2 Å². The van der Waals surface area contributed by atoms with Crippen LogP contribution in [0.5, 0.6) is 0 Å². The quantitative estimate of drug-likeness (QED) is 0.750. The van der Waals surface area contributed by atoms with E-state index in [9.17, 15) is 4.79 Å². The second kappa shape index (κ2) is 2.59. The van der Waals surface area contributed by atoms with Crippen LogP contribution in [0.15, 0.2) is 30.3 Å². The summed E-state index contributed by atoms with van der Waals surface area (Å²) in [6.45, 7) is 1.81. The number of carboxylic acids is 1. The molecule has 2 rings (SSSR count). The van der Waals surface area contributed by atoms with Crippen LogP contribution in [0.3, 0.4) is 0 Å². The molecule has 0 spiro atoms. The molecule has 1 aliphatic carbocycles. The lowest BCUT2D eigenvalue weighted by Crippen LogP contribution is -2.12. The van der Waals surface area contributed by atoms with E-state index in [1.165, 1.54) is 0 Å². The van der Waals surface area contributed by atoms with Gasteiger partial charge in [0, 0.05) is 5.92 Å². The molecule has 2 atom stereocenters. The third-order valence-corrected chi connectivity index (χ3v) is 2.93. The van der Waals surface area contributed by atoms with E-state index in [-0.39, 0.29) is 5.92 Å². The summed E-state index contributed by atoms with van der Waals surface area (Å²) in [6.07, 6.45) is 0.770. The van der Waals surface area contributed by atoms with Gasteiger partial charge in [0.25, 0.3) is 0 Å². The van der Waals surface area contributed by atoms with Crippen LogP contribution in [0.4, 0.5) is 0 Å². The van der Waals surface area contributed by atoms with E-state index in [0.29, 0.717) is 0 Å². The molecule has 1 aliphatic rings. The molecule has 13 heavy (non-hydrogen) atoms. The fraction of sp³-hybridized carbons (Fsp3) is 0.364. The Balaban J connectivity index is 2.21. The first-order chi connectivity index (χ1) is 6.14. The molecule has 1 aromatic carbocycles. The maximum absolute atomic E-state index is 10.9. The van der Waals surface area contributed by atoms with Gasteiger partial charge < -0.3 is 5.11 Å². The molecule has 2 nitrogen and oxygen atoms in total. The van der Waals surface area contributed by atoms with E-state index in [2.05, 4.69) is 0 Å². The first-order valence-corrected chi connectivity index (χ1v) is 4.43. The molecule has 2 heteroatoms. The predicted octanol–water partition coefficient (Wildman–Crippen LogP) is 2.26. The van der Waals surface area contributed by atoms with Crippen LogP contribution < -0.4 is 0 Å². The van der Waals surface area contributed by atoms with Crippen molar-refractivity contribution in [1.82, 2.24) is 0 Å². The number of rotatable bonds is 2. The van der Waals surface area contributed by atoms with Crippen molar-refractivity contribution in [1.29, 1.82) is 0 Å². The van der Waals surface area contributed by atoms with Crippen molar-refractivity contribution in [3.05, 3.63) is 35.9 Å². The number of benzene rings is 1. The summed E-state index contributed by atoms with van der Waals surface area (Å²) < 4.78 is 0. The molecule has 1 fully saturated rings. The predicted molar refractivity (Wildman–Crippen MR) is 49.5 cm³/mol. The lowest BCUT2D eigenvalue weighted by molar-refractivity contribution is -0.142. The summed E-state index contributed by atoms with van der Waals surface area (Å²) in [5.41, 5.74) is 0.633. The van der Waals surface area contributed by atoms with Gasteiger partial charge >= 0.3 is 5.97 Å². The van der Waals surface area contributed by atoms with Crippen molar-refractivity contribution in [2.45, 2.75) is 19.3 Å². The van der Waals surface area contributed by atoms with Gasteiger partial charge in [-0.15, -0.1) is 0 Å². The standard InChI is InChI=1S/C11H12O2/c1-11(10(12)13)7-9(11)8-5-3-2-4-6-8/h2-6,9H,7H2,1H3,(H,12,13)/t9-,11?/m0/s1. The van der Waals surface area contributed by atoms with E-state index in [1.807, 2.05) is 37.3 Å². The molecule has 1 N–H and O–H groups in total. The summed E-state index contributed by atoms with van der Waals surface area (Å²) in [6, 6.07) is 9.85. The first-order valence-electron chi connectivity index (χ1n) is 4.43. The average Bonchev–Trinajstić information content (AvgIpc) is 2.81. The van der Waals surface area contributed by atoms with E-state index < -0.39 is 11.4 Å². The van der Waals surface area contributed by atoms with Crippen LogP contribution in [0, 0.1) is 5.41 Å². The molecular formula is C11H12O2. The molecule has 1 unspecified atom stereocenters. The molecule has 68 valence electrons. The number of hydrogen-bond donors (Lipinski definition) is 1. The van der Waals surface area contributed by atoms with Gasteiger partial charge in [-0.1, -0.05) is 30.3 Å². The third-order valence-electron chi connectivity index (χ3n) is 2.93. The monoisotopic (exact) mass is 176 g/mol. The summed E-state index contributed by atoms with van der Waals surface area (Å²) in [7, 11) is 0. The van der Waals surface area contributed by atoms with Crippen LogP contribution in [-0.2, 0) is 4.79 Å². The largest absolute Gasteiger partial charge is 0.481 e. The lowest BCUT2D eigenvalue weighted by atomic mass is 10.0. The summed E-state index contributed by atoms with van der Waals surface area (Å²) >= 11 is 0. The molecular weight excluding hydrogens is 164 g/mol. The average molecular weight is 176 g/mol. The Kier molecular flexibility index (Phi) is 1.65. The van der Waals surface area contributed by atoms with Gasteiger partial charge in [0.1, 0.15) is 0 Å². The third kappa shape index (κ3) is 1.22. The van der Waals surface area contributed by atoms with Crippen molar-refractivity contribution in [2.75, 3.05) is 0 Å². The van der Waals surface area contributed by atoms with E-state index in [1.54, 1.807) is 0 Å². The second-order valence-corrected chi connectivity index (χ2v) is 3.89. The molecule has 0 bridgehead atoms. The van der Waals surface area contributed by atoms with Crippen LogP contribution >= 0.6 is 0 Å². The minimum Gasteiger partial charge on any atom is -0.481 e. The van der Waals surface area contributed by atoms with Gasteiger partial charge in [0.2, 0.25) is 0 Å². The Morgan fingerprint density at radius 3 is 2.54 bits per heavy atom. The van der Waals surface area contributed by atoms with Gasteiger partial charge in [0.15, 0.2) is 0 Å². The highest BCUT2D eigenvalue weighted by atomic mass is 16.4. The van der Waals surface area contributed by atoms with Crippen LogP contribution in [0.1, 0.15) is 24.8 Å². The zero-order valence-electron chi connectivity index (χ0n) is 7.53. The minimum absolute atomic E-state index is 0.214. The Bertz CT molecular complexity index is 331. The zero-order chi connectivity index (χ0) is 9.47. The maximum atomic E-state index is 10.9. The van der Waals surface area contributed by atoms with Crippen LogP contribution in [-0.4, -0.2) is 11.1 Å². The summed E-state index contributed by atoms with van der Waals surface area (Å²) in [5, 5.41) is 8.94. The number of hydrogen-bond acceptors (Lipinski definition) is 1. The second-order valence-electron chi connectivity index (χ2n) is 3.89. The Hall–Kier alpha value is -1.31. The fourth-order valence-corrected chi connectivity index (χ4v) is 1.77. The Morgan fingerprint density at radius 1 is 1.46 bits per heavy atom. The SMILES string of the molecule is CC1(C(=O)O)C[C@H]1c1ccccc1. The van der Waals surface area contributed by atoms with Crippen molar-refractivity contribution in [3.8, 4) is 0 Å². The molecule has 0 radical (unpaired) electrons. The van der Waals surface area contributed by atoms with Crippen molar-refractivity contribution in [3.63, 3.8) is 0 Å². The highest BCUT2D eigenvalue weighted by Gasteiger charge is 2.56. The minimum atomic E-state index is -0.679. The fourth-order valence-electron chi connectivity index (χ4n) is 1.77. The van der Waals surface area contributed by atoms with Gasteiger partial charge in [-0.05, 0) is 18.9 Å². The highest BCUT2D eigenvalue weighted by molar-refractivity contribution is 5.79. The zero-order valence-corrected chi connectivity index (χ0v) is 7.53. The normalized spacial score (nSPS) is 31.3. The summed E-state index contributed by atoms with van der Waals surface area (Å²) in [4.78, 5) is 10.9. The molecule has 0 aliphatic heterocycles. The van der Waals surface area contributed by atoms with Gasteiger partial charge in [-0.3, -0.25) is 4.79 Å². The number of carbonyl (C=O) groups is 1. The molecule has 1 saturated carbocycles. The maximum Gasteiger partial charge on any atom is 0.309 e. The first kappa shape index (κ1) is 8.30. The summed E-state index contributed by atoms with van der Waals surface area (Å²) in [5.74, 6) is -0.465. The van der Waals surface area contributed by atoms with Gasteiger partial charge in [-0.2, -0.15) is 0 Å². The molecule has 0 heterocycles. The van der Waals surface area contributed by atoms with E-state index in [0.717, 1.165) is 12.0 Å². The van der Waals surface area contributed by atoms with Gasteiger partial charge in [-0.25, -0.2) is 0 Å². The smallest absolute Gasteiger partial charge is 0.309 e. The van der Waals surface area contributed by atoms with Crippen molar-refractivity contribution in [2.24, 2.45) is 5.41 Å². The lowest BCUT2D eigenvalue weighted by Gasteiger charge is -2.04. The molecule has 0 saturated heterocycles. The highest BCUT2D eigenvalue weighted by Crippen LogP contribution is 2.58. The van der Waals surface area contributed by atoms with Crippen molar-refractivity contribution < 1.29 is 9.90 Å². The topological polar surface area (TPSA) is 37.3 Å². The van der Waals surface area contributed by atoms with Gasteiger partial charge in [0.05, 0.1) is 5.41 Å². The van der Waals surface area contributed by atoms with E-state index in [4.69, 9.17) is 5.11 Å². The number of carboxylic acid groups (broad SMARTS) is 1. The van der Waals surface area contributed by atoms with Crippen LogP contribution in [0.2, 0.25) is 0 Å². The molecule has 0 amide bonds. The van der Waals surface area contributed by atoms with Crippen LogP contribution in [0.25, 0.3) is 0 Å². The molecule has 0 aromatic heterocycles. The van der Waals surface area contributed by atoms with Crippen molar-refractivity contribution >= 4 is 5.97 Å². The number of aliphatic carboxylic acids is 1. The Morgan fingerprint density at radius 2 is 2.08 bits per heavy atom.